The van der Waals surface area contributed by atoms with Crippen LogP contribution in [0.1, 0.15) is 33.2 Å². The SMILES string of the molecule is COc1ccc(C(=O)c2cc/c(=N\S(=O)(=O)c3ccc(C)cc3)n(C(C(N)=O)c3ccc(F)cc3)n2)cc1. The lowest BCUT2D eigenvalue weighted by Crippen LogP contribution is -2.38. The van der Waals surface area contributed by atoms with Gasteiger partial charge in [-0.15, -0.1) is 4.40 Å². The molecule has 0 spiro atoms. The molecule has 0 fully saturated rings. The topological polar surface area (TPSA) is 134 Å². The van der Waals surface area contributed by atoms with Gasteiger partial charge in [-0.2, -0.15) is 13.5 Å². The Kier molecular flexibility index (Phi) is 7.49. The van der Waals surface area contributed by atoms with E-state index in [1.165, 1.54) is 43.5 Å². The molecule has 0 saturated heterocycles. The number of nitrogens with zero attached hydrogens (tertiary/aromatic N) is 3. The van der Waals surface area contributed by atoms with Crippen LogP contribution in [-0.4, -0.2) is 37.0 Å². The first-order valence-electron chi connectivity index (χ1n) is 11.3. The lowest BCUT2D eigenvalue weighted by molar-refractivity contribution is -0.120. The largest absolute Gasteiger partial charge is 0.497 e. The second-order valence-corrected chi connectivity index (χ2v) is 9.92. The Balaban J connectivity index is 1.92. The second-order valence-electron chi connectivity index (χ2n) is 8.31. The highest BCUT2D eigenvalue weighted by Crippen LogP contribution is 2.19. The Bertz CT molecular complexity index is 1660. The molecule has 1 heterocycles. The Morgan fingerprint density at radius 1 is 0.947 bits per heavy atom. The van der Waals surface area contributed by atoms with E-state index < -0.39 is 33.6 Å². The second kappa shape index (κ2) is 10.8. The number of ether oxygens (including phenoxy) is 1. The number of rotatable bonds is 8. The van der Waals surface area contributed by atoms with Gasteiger partial charge in [-0.3, -0.25) is 9.59 Å². The summed E-state index contributed by atoms with van der Waals surface area (Å²) in [5.74, 6) is -1.43. The van der Waals surface area contributed by atoms with Crippen molar-refractivity contribution in [2.24, 2.45) is 10.1 Å². The highest BCUT2D eigenvalue weighted by atomic mass is 32.2. The number of nitrogens with two attached hydrogens (primary N) is 1. The van der Waals surface area contributed by atoms with E-state index in [4.69, 9.17) is 10.5 Å². The minimum atomic E-state index is -4.24. The molecule has 0 saturated carbocycles. The van der Waals surface area contributed by atoms with E-state index in [2.05, 4.69) is 9.50 Å². The summed E-state index contributed by atoms with van der Waals surface area (Å²) < 4.78 is 49.7. The van der Waals surface area contributed by atoms with Crippen LogP contribution in [0.3, 0.4) is 0 Å². The number of aryl methyl sites for hydroxylation is 1. The van der Waals surface area contributed by atoms with Crippen molar-refractivity contribution in [2.75, 3.05) is 7.11 Å². The van der Waals surface area contributed by atoms with Crippen LogP contribution in [0.25, 0.3) is 0 Å². The molecule has 0 aliphatic carbocycles. The number of carbonyl (C=O) groups is 2. The van der Waals surface area contributed by atoms with E-state index in [0.717, 1.165) is 22.4 Å². The van der Waals surface area contributed by atoms with Gasteiger partial charge in [-0.05, 0) is 73.2 Å². The van der Waals surface area contributed by atoms with Crippen molar-refractivity contribution >= 4 is 21.7 Å². The van der Waals surface area contributed by atoms with E-state index in [-0.39, 0.29) is 27.2 Å². The summed E-state index contributed by atoms with van der Waals surface area (Å²) in [6.07, 6.45) is 0. The zero-order chi connectivity index (χ0) is 27.4. The first-order chi connectivity index (χ1) is 18.1. The fourth-order valence-corrected chi connectivity index (χ4v) is 4.64. The van der Waals surface area contributed by atoms with E-state index in [0.29, 0.717) is 5.75 Å². The molecule has 1 atom stereocenters. The molecule has 3 aromatic carbocycles. The number of hydrogen-bond donors (Lipinski definition) is 1. The Morgan fingerprint density at radius 3 is 2.16 bits per heavy atom. The van der Waals surface area contributed by atoms with Crippen LogP contribution < -0.4 is 16.0 Å². The minimum Gasteiger partial charge on any atom is -0.497 e. The van der Waals surface area contributed by atoms with Crippen molar-refractivity contribution < 1.29 is 27.1 Å². The van der Waals surface area contributed by atoms with Crippen molar-refractivity contribution in [1.82, 2.24) is 9.78 Å². The maximum atomic E-state index is 13.6. The first kappa shape index (κ1) is 26.4. The first-order valence-corrected chi connectivity index (χ1v) is 12.7. The Morgan fingerprint density at radius 2 is 1.58 bits per heavy atom. The molecule has 0 aliphatic rings. The van der Waals surface area contributed by atoms with Crippen molar-refractivity contribution in [1.29, 1.82) is 0 Å². The lowest BCUT2D eigenvalue weighted by Gasteiger charge is -2.18. The van der Waals surface area contributed by atoms with Crippen LogP contribution in [0.5, 0.6) is 5.75 Å². The number of hydrogen-bond acceptors (Lipinski definition) is 6. The van der Waals surface area contributed by atoms with Gasteiger partial charge < -0.3 is 10.5 Å². The number of carbonyl (C=O) groups excluding carboxylic acids is 2. The third-order valence-electron chi connectivity index (χ3n) is 5.66. The number of ketones is 1. The van der Waals surface area contributed by atoms with E-state index in [1.54, 1.807) is 36.4 Å². The molecule has 4 aromatic rings. The molecule has 1 amide bonds. The highest BCUT2D eigenvalue weighted by molar-refractivity contribution is 7.90. The Hall–Kier alpha value is -4.64. The summed E-state index contributed by atoms with van der Waals surface area (Å²) in [5, 5.41) is 4.29. The molecule has 0 bridgehead atoms. The number of methoxy groups -OCH3 is 1. The molecule has 1 unspecified atom stereocenters. The number of sulfonamides is 1. The maximum Gasteiger partial charge on any atom is 0.284 e. The lowest BCUT2D eigenvalue weighted by atomic mass is 10.1. The van der Waals surface area contributed by atoms with Crippen molar-refractivity contribution in [3.8, 4) is 5.75 Å². The van der Waals surface area contributed by atoms with Crippen molar-refractivity contribution in [3.05, 3.63) is 119 Å². The quantitative estimate of drug-likeness (QED) is 0.346. The molecule has 38 heavy (non-hydrogen) atoms. The summed E-state index contributed by atoms with van der Waals surface area (Å²) in [7, 11) is -2.75. The molecule has 194 valence electrons. The van der Waals surface area contributed by atoms with Crippen LogP contribution in [0.4, 0.5) is 4.39 Å². The summed E-state index contributed by atoms with van der Waals surface area (Å²) >= 11 is 0. The molecule has 1 aromatic heterocycles. The number of halogens is 1. The van der Waals surface area contributed by atoms with Gasteiger partial charge in [0.25, 0.3) is 10.0 Å². The molecule has 0 radical (unpaired) electrons. The molecule has 4 rings (SSSR count). The van der Waals surface area contributed by atoms with Crippen LogP contribution >= 0.6 is 0 Å². The van der Waals surface area contributed by atoms with Gasteiger partial charge in [0.2, 0.25) is 11.7 Å². The smallest absolute Gasteiger partial charge is 0.284 e. The monoisotopic (exact) mass is 534 g/mol. The van der Waals surface area contributed by atoms with Gasteiger partial charge in [0.15, 0.2) is 11.5 Å². The summed E-state index contributed by atoms with van der Waals surface area (Å²) in [6, 6.07) is 18.4. The van der Waals surface area contributed by atoms with E-state index in [1.807, 2.05) is 6.92 Å². The van der Waals surface area contributed by atoms with Crippen LogP contribution in [0.2, 0.25) is 0 Å². The standard InChI is InChI=1S/C27H23FN4O5S/c1-17-3-13-22(14-4-17)38(35,36)31-24-16-15-23(26(33)19-7-11-21(37-2)12-8-19)30-32(24)25(27(29)34)18-5-9-20(28)10-6-18/h3-16,25H,1-2H3,(H2,29,34)/b31-24+. The summed E-state index contributed by atoms with van der Waals surface area (Å²) in [5.41, 5.74) is 6.67. The van der Waals surface area contributed by atoms with Crippen LogP contribution in [-0.2, 0) is 14.8 Å². The predicted octanol–water partition coefficient (Wildman–Crippen LogP) is 2.93. The molecule has 0 aliphatic heterocycles. The zero-order valence-corrected chi connectivity index (χ0v) is 21.2. The minimum absolute atomic E-state index is 0.0783. The molecular formula is C27H23FN4O5S. The van der Waals surface area contributed by atoms with Gasteiger partial charge in [0.05, 0.1) is 12.0 Å². The van der Waals surface area contributed by atoms with E-state index in [9.17, 15) is 22.4 Å². The van der Waals surface area contributed by atoms with Crippen LogP contribution in [0.15, 0.2) is 94.2 Å². The van der Waals surface area contributed by atoms with Gasteiger partial charge in [-0.1, -0.05) is 29.8 Å². The molecule has 9 nitrogen and oxygen atoms in total. The third-order valence-corrected chi connectivity index (χ3v) is 6.95. The predicted molar refractivity (Wildman–Crippen MR) is 136 cm³/mol. The fourth-order valence-electron chi connectivity index (χ4n) is 3.66. The van der Waals surface area contributed by atoms with Crippen LogP contribution in [0, 0.1) is 12.7 Å². The van der Waals surface area contributed by atoms with Gasteiger partial charge in [0.1, 0.15) is 17.3 Å². The third kappa shape index (κ3) is 5.68. The zero-order valence-electron chi connectivity index (χ0n) is 20.4. The maximum absolute atomic E-state index is 13.6. The fraction of sp³-hybridized carbons (Fsp3) is 0.111. The number of aromatic nitrogens is 2. The molecule has 2 N–H and O–H groups in total. The van der Waals surface area contributed by atoms with E-state index >= 15 is 0 Å². The molecule has 11 heteroatoms. The normalized spacial score (nSPS) is 12.7. The van der Waals surface area contributed by atoms with Gasteiger partial charge in [-0.25, -0.2) is 9.07 Å². The van der Waals surface area contributed by atoms with Gasteiger partial charge >= 0.3 is 0 Å². The number of benzene rings is 3. The van der Waals surface area contributed by atoms with Gasteiger partial charge in [0, 0.05) is 5.56 Å². The summed E-state index contributed by atoms with van der Waals surface area (Å²) in [4.78, 5) is 25.7. The average molecular weight is 535 g/mol. The Labute approximate surface area is 218 Å². The summed E-state index contributed by atoms with van der Waals surface area (Å²) in [6.45, 7) is 1.81. The number of primary amides is 1. The highest BCUT2D eigenvalue weighted by Gasteiger charge is 2.25. The molecular weight excluding hydrogens is 511 g/mol. The average Bonchev–Trinajstić information content (AvgIpc) is 2.90. The van der Waals surface area contributed by atoms with Crippen molar-refractivity contribution in [3.63, 3.8) is 0 Å². The number of amides is 1. The van der Waals surface area contributed by atoms with Crippen molar-refractivity contribution in [2.45, 2.75) is 17.9 Å².